The molecule has 0 saturated heterocycles. The van der Waals surface area contributed by atoms with E-state index in [1.165, 1.54) is 31.4 Å². The lowest BCUT2D eigenvalue weighted by atomic mass is 9.92. The second kappa shape index (κ2) is 6.27. The minimum Gasteiger partial charge on any atom is -0.329 e. The number of hydrogen-bond acceptors (Lipinski definition) is 3. The summed E-state index contributed by atoms with van der Waals surface area (Å²) in [5, 5.41) is 0. The normalized spacial score (nSPS) is 32.2. The van der Waals surface area contributed by atoms with Gasteiger partial charge in [0.25, 0.3) is 0 Å². The van der Waals surface area contributed by atoms with Gasteiger partial charge in [-0.25, -0.2) is 0 Å². The van der Waals surface area contributed by atoms with Gasteiger partial charge in [0, 0.05) is 18.1 Å². The molecule has 3 atom stereocenters. The van der Waals surface area contributed by atoms with E-state index in [1.807, 2.05) is 11.8 Å². The van der Waals surface area contributed by atoms with Crippen LogP contribution >= 0.6 is 11.8 Å². The van der Waals surface area contributed by atoms with Crippen LogP contribution in [0.15, 0.2) is 0 Å². The summed E-state index contributed by atoms with van der Waals surface area (Å²) >= 11 is 1.94. The van der Waals surface area contributed by atoms with Gasteiger partial charge < -0.3 is 5.73 Å². The van der Waals surface area contributed by atoms with Gasteiger partial charge in [0.1, 0.15) is 0 Å². The van der Waals surface area contributed by atoms with Gasteiger partial charge in [0.05, 0.1) is 0 Å². The molecule has 3 unspecified atom stereocenters. The molecule has 1 aliphatic carbocycles. The predicted molar refractivity (Wildman–Crippen MR) is 75.0 cm³/mol. The van der Waals surface area contributed by atoms with Crippen LogP contribution < -0.4 is 5.73 Å². The lowest BCUT2D eigenvalue weighted by molar-refractivity contribution is 0.0851. The van der Waals surface area contributed by atoms with Gasteiger partial charge >= 0.3 is 0 Å². The highest BCUT2D eigenvalue weighted by atomic mass is 32.2. The number of likely N-dealkylation sites (N-methyl/N-ethyl adjacent to an activating group) is 1. The van der Waals surface area contributed by atoms with Crippen molar-refractivity contribution >= 4 is 11.8 Å². The van der Waals surface area contributed by atoms with E-state index in [0.29, 0.717) is 6.04 Å². The summed E-state index contributed by atoms with van der Waals surface area (Å²) in [7, 11) is 2.27. The summed E-state index contributed by atoms with van der Waals surface area (Å²) in [6.07, 6.45) is 7.36. The Morgan fingerprint density at radius 3 is 2.69 bits per heavy atom. The lowest BCUT2D eigenvalue weighted by Gasteiger charge is -2.42. The van der Waals surface area contributed by atoms with Gasteiger partial charge in [0.2, 0.25) is 0 Å². The maximum atomic E-state index is 6.05. The molecule has 1 saturated carbocycles. The Labute approximate surface area is 105 Å². The molecule has 0 spiro atoms. The Bertz CT molecular complexity index is 210. The van der Waals surface area contributed by atoms with Crippen LogP contribution in [0.2, 0.25) is 0 Å². The molecule has 0 radical (unpaired) electrons. The van der Waals surface area contributed by atoms with Gasteiger partial charge in [-0.1, -0.05) is 6.92 Å². The third kappa shape index (κ3) is 3.14. The van der Waals surface area contributed by atoms with E-state index in [2.05, 4.69) is 32.1 Å². The van der Waals surface area contributed by atoms with Crippen LogP contribution in [0.4, 0.5) is 0 Å². The minimum absolute atomic E-state index is 0.289. The topological polar surface area (TPSA) is 29.3 Å². The monoisotopic (exact) mass is 244 g/mol. The molecule has 0 heterocycles. The highest BCUT2D eigenvalue weighted by molar-refractivity contribution is 7.98. The number of rotatable bonds is 6. The molecule has 96 valence electrons. The van der Waals surface area contributed by atoms with E-state index in [1.54, 1.807) is 0 Å². The van der Waals surface area contributed by atoms with Gasteiger partial charge in [-0.3, -0.25) is 4.90 Å². The Morgan fingerprint density at radius 1 is 1.56 bits per heavy atom. The number of nitrogens with zero attached hydrogens (tertiary/aromatic N) is 1. The fourth-order valence-electron chi connectivity index (χ4n) is 2.97. The summed E-state index contributed by atoms with van der Waals surface area (Å²) in [5.41, 5.74) is 6.34. The molecule has 0 amide bonds. The Hall–Kier alpha value is 0.270. The van der Waals surface area contributed by atoms with Crippen molar-refractivity contribution in [1.82, 2.24) is 4.90 Å². The van der Waals surface area contributed by atoms with Crippen molar-refractivity contribution < 1.29 is 0 Å². The SMILES string of the molecule is CSCCC(C)N(C)C1(CN)CCC(C)C1. The Morgan fingerprint density at radius 2 is 2.25 bits per heavy atom. The first kappa shape index (κ1) is 14.3. The molecular weight excluding hydrogens is 216 g/mol. The number of nitrogens with two attached hydrogens (primary N) is 1. The van der Waals surface area contributed by atoms with Crippen LogP contribution in [0.5, 0.6) is 0 Å². The van der Waals surface area contributed by atoms with E-state index in [-0.39, 0.29) is 5.54 Å². The molecule has 3 heteroatoms. The highest BCUT2D eigenvalue weighted by Crippen LogP contribution is 2.38. The van der Waals surface area contributed by atoms with Gasteiger partial charge in [-0.05, 0) is 57.6 Å². The third-order valence-electron chi connectivity index (χ3n) is 4.36. The van der Waals surface area contributed by atoms with Crippen molar-refractivity contribution in [2.75, 3.05) is 25.6 Å². The predicted octanol–water partition coefficient (Wildman–Crippen LogP) is 2.58. The first-order chi connectivity index (χ1) is 7.55. The maximum absolute atomic E-state index is 6.05. The summed E-state index contributed by atoms with van der Waals surface area (Å²) < 4.78 is 0. The van der Waals surface area contributed by atoms with E-state index in [4.69, 9.17) is 5.73 Å². The van der Waals surface area contributed by atoms with E-state index < -0.39 is 0 Å². The second-order valence-electron chi connectivity index (χ2n) is 5.52. The zero-order valence-corrected chi connectivity index (χ0v) is 12.1. The van der Waals surface area contributed by atoms with Crippen LogP contribution in [-0.2, 0) is 0 Å². The average Bonchev–Trinajstić information content (AvgIpc) is 2.68. The van der Waals surface area contributed by atoms with Crippen LogP contribution in [0.1, 0.15) is 39.5 Å². The largest absolute Gasteiger partial charge is 0.329 e. The average molecular weight is 244 g/mol. The first-order valence-corrected chi connectivity index (χ1v) is 7.87. The fraction of sp³-hybridized carbons (Fsp3) is 1.00. The van der Waals surface area contributed by atoms with Crippen molar-refractivity contribution in [2.24, 2.45) is 11.7 Å². The molecule has 0 bridgehead atoms. The fourth-order valence-corrected chi connectivity index (χ4v) is 3.54. The Balaban J connectivity index is 2.58. The standard InChI is InChI=1S/C13H28N2S/c1-11-5-7-13(9-11,10-14)15(3)12(2)6-8-16-4/h11-12H,5-10,14H2,1-4H3. The number of thioether (sulfide) groups is 1. The minimum atomic E-state index is 0.289. The smallest absolute Gasteiger partial charge is 0.0334 e. The molecule has 2 N–H and O–H groups in total. The van der Waals surface area contributed by atoms with Crippen LogP contribution in [0.3, 0.4) is 0 Å². The van der Waals surface area contributed by atoms with E-state index in [0.717, 1.165) is 12.5 Å². The van der Waals surface area contributed by atoms with Crippen molar-refractivity contribution in [3.8, 4) is 0 Å². The molecule has 0 aromatic heterocycles. The molecule has 0 aromatic rings. The number of hydrogen-bond donors (Lipinski definition) is 1. The Kier molecular flexibility index (Phi) is 5.62. The molecule has 16 heavy (non-hydrogen) atoms. The van der Waals surface area contributed by atoms with Gasteiger partial charge in [-0.2, -0.15) is 11.8 Å². The van der Waals surface area contributed by atoms with Crippen molar-refractivity contribution in [1.29, 1.82) is 0 Å². The van der Waals surface area contributed by atoms with Crippen molar-refractivity contribution in [3.63, 3.8) is 0 Å². The molecule has 1 fully saturated rings. The highest BCUT2D eigenvalue weighted by Gasteiger charge is 2.40. The van der Waals surface area contributed by atoms with Crippen molar-refractivity contribution in [3.05, 3.63) is 0 Å². The summed E-state index contributed by atoms with van der Waals surface area (Å²) in [4.78, 5) is 2.56. The molecule has 2 nitrogen and oxygen atoms in total. The maximum Gasteiger partial charge on any atom is 0.0334 e. The molecular formula is C13H28N2S. The molecule has 0 aromatic carbocycles. The van der Waals surface area contributed by atoms with Crippen molar-refractivity contribution in [2.45, 2.75) is 51.1 Å². The summed E-state index contributed by atoms with van der Waals surface area (Å²) in [6.45, 7) is 5.52. The van der Waals surface area contributed by atoms with Crippen LogP contribution in [0.25, 0.3) is 0 Å². The molecule has 1 aliphatic rings. The van der Waals surface area contributed by atoms with Gasteiger partial charge in [0.15, 0.2) is 0 Å². The van der Waals surface area contributed by atoms with E-state index in [9.17, 15) is 0 Å². The third-order valence-corrected chi connectivity index (χ3v) is 5.00. The lowest BCUT2D eigenvalue weighted by Crippen LogP contribution is -2.53. The zero-order chi connectivity index (χ0) is 12.2. The first-order valence-electron chi connectivity index (χ1n) is 6.47. The van der Waals surface area contributed by atoms with E-state index >= 15 is 0 Å². The molecule has 0 aliphatic heterocycles. The molecule has 1 rings (SSSR count). The zero-order valence-electron chi connectivity index (χ0n) is 11.3. The van der Waals surface area contributed by atoms with Gasteiger partial charge in [-0.15, -0.1) is 0 Å². The summed E-state index contributed by atoms with van der Waals surface area (Å²) in [6, 6.07) is 0.654. The second-order valence-corrected chi connectivity index (χ2v) is 6.50. The van der Waals surface area contributed by atoms with Crippen LogP contribution in [-0.4, -0.2) is 42.1 Å². The summed E-state index contributed by atoms with van der Waals surface area (Å²) in [5.74, 6) is 2.10. The quantitative estimate of drug-likeness (QED) is 0.779. The van der Waals surface area contributed by atoms with Crippen LogP contribution in [0, 0.1) is 5.92 Å².